The molecule has 0 saturated heterocycles. The van der Waals surface area contributed by atoms with E-state index < -0.39 is 5.97 Å². The molecule has 192 valence electrons. The van der Waals surface area contributed by atoms with Crippen molar-refractivity contribution < 1.29 is 14.3 Å². The van der Waals surface area contributed by atoms with Crippen molar-refractivity contribution in [1.82, 2.24) is 10.4 Å². The van der Waals surface area contributed by atoms with Gasteiger partial charge in [-0.1, -0.05) is 63.4 Å². The number of aryl methyl sites for hydroxylation is 1. The van der Waals surface area contributed by atoms with E-state index in [4.69, 9.17) is 21.3 Å². The number of aromatic nitrogens is 1. The summed E-state index contributed by atoms with van der Waals surface area (Å²) in [6.07, 6.45) is 1.52. The van der Waals surface area contributed by atoms with E-state index in [1.165, 1.54) is 6.21 Å². The predicted molar refractivity (Wildman–Crippen MR) is 158 cm³/mol. The van der Waals surface area contributed by atoms with Crippen molar-refractivity contribution >= 4 is 56.5 Å². The largest absolute Gasteiger partial charge is 0.423 e. The Bertz CT molecular complexity index is 1720. The van der Waals surface area contributed by atoms with E-state index in [-0.39, 0.29) is 11.5 Å². The van der Waals surface area contributed by atoms with Crippen molar-refractivity contribution in [3.8, 4) is 17.0 Å². The van der Waals surface area contributed by atoms with Crippen LogP contribution in [0.2, 0.25) is 5.02 Å². The number of pyridine rings is 1. The fourth-order valence-corrected chi connectivity index (χ4v) is 4.41. The summed E-state index contributed by atoms with van der Waals surface area (Å²) in [5.41, 5.74) is 7.41. The summed E-state index contributed by atoms with van der Waals surface area (Å²) < 4.78 is 6.36. The number of benzene rings is 4. The Kier molecular flexibility index (Phi) is 7.81. The highest BCUT2D eigenvalue weighted by Crippen LogP contribution is 2.27. The maximum absolute atomic E-state index is 13.2. The monoisotopic (exact) mass is 597 g/mol. The number of carbonyl (C=O) groups is 2. The molecule has 1 aromatic heterocycles. The van der Waals surface area contributed by atoms with Gasteiger partial charge in [0, 0.05) is 15.4 Å². The van der Waals surface area contributed by atoms with Crippen LogP contribution in [-0.2, 0) is 0 Å². The molecule has 4 aromatic carbocycles. The SMILES string of the molecule is Cc1ccc2nc(-c3ccc(Br)cc3)cc(C(=O)NN=Cc3ccc(OC(=O)c4ccccc4Cl)cc3)c2c1. The van der Waals surface area contributed by atoms with Gasteiger partial charge in [-0.3, -0.25) is 4.79 Å². The molecule has 0 bridgehead atoms. The van der Waals surface area contributed by atoms with Crippen LogP contribution in [0, 0.1) is 6.92 Å². The molecular weight excluding hydrogens is 578 g/mol. The van der Waals surface area contributed by atoms with Crippen LogP contribution in [-0.4, -0.2) is 23.1 Å². The third-order valence-corrected chi connectivity index (χ3v) is 6.77. The molecule has 0 aliphatic rings. The molecule has 0 atom stereocenters. The topological polar surface area (TPSA) is 80.7 Å². The molecule has 1 amide bonds. The number of hydrazone groups is 1. The second-order valence-corrected chi connectivity index (χ2v) is 10.0. The molecule has 1 heterocycles. The third-order valence-electron chi connectivity index (χ3n) is 5.91. The molecule has 39 heavy (non-hydrogen) atoms. The number of halogens is 2. The molecule has 5 rings (SSSR count). The Labute approximate surface area is 238 Å². The van der Waals surface area contributed by atoms with Crippen LogP contribution >= 0.6 is 27.5 Å². The number of rotatable bonds is 6. The van der Waals surface area contributed by atoms with Gasteiger partial charge >= 0.3 is 5.97 Å². The third kappa shape index (κ3) is 6.22. The number of hydrogen-bond acceptors (Lipinski definition) is 5. The Morgan fingerprint density at radius 2 is 1.67 bits per heavy atom. The molecule has 1 N–H and O–H groups in total. The van der Waals surface area contributed by atoms with E-state index in [1.807, 2.05) is 49.4 Å². The van der Waals surface area contributed by atoms with E-state index in [0.717, 1.165) is 26.5 Å². The molecule has 0 spiro atoms. The first-order valence-corrected chi connectivity index (χ1v) is 13.1. The molecule has 0 saturated carbocycles. The number of esters is 1. The average Bonchev–Trinajstić information content (AvgIpc) is 2.94. The van der Waals surface area contributed by atoms with Gasteiger partial charge in [-0.15, -0.1) is 0 Å². The highest BCUT2D eigenvalue weighted by molar-refractivity contribution is 9.10. The maximum Gasteiger partial charge on any atom is 0.345 e. The average molecular weight is 599 g/mol. The lowest BCUT2D eigenvalue weighted by atomic mass is 10.0. The van der Waals surface area contributed by atoms with Crippen LogP contribution in [0.3, 0.4) is 0 Å². The number of fused-ring (bicyclic) bond motifs is 1. The highest BCUT2D eigenvalue weighted by Gasteiger charge is 2.15. The zero-order valence-corrected chi connectivity index (χ0v) is 23.0. The molecular formula is C31H21BrClN3O3. The normalized spacial score (nSPS) is 11.1. The minimum Gasteiger partial charge on any atom is -0.423 e. The summed E-state index contributed by atoms with van der Waals surface area (Å²) in [5.74, 6) is -0.537. The summed E-state index contributed by atoms with van der Waals surface area (Å²) in [4.78, 5) is 30.3. The molecule has 0 fully saturated rings. The minimum absolute atomic E-state index is 0.287. The van der Waals surface area contributed by atoms with Crippen molar-refractivity contribution in [3.05, 3.63) is 129 Å². The Hall–Kier alpha value is -4.33. The first-order chi connectivity index (χ1) is 18.9. The van der Waals surface area contributed by atoms with Crippen LogP contribution in [0.1, 0.15) is 31.8 Å². The summed E-state index contributed by atoms with van der Waals surface area (Å²) in [6.45, 7) is 1.97. The van der Waals surface area contributed by atoms with Gasteiger partial charge in [-0.2, -0.15) is 5.10 Å². The number of ether oxygens (including phenoxy) is 1. The van der Waals surface area contributed by atoms with Crippen LogP contribution < -0.4 is 10.2 Å². The second kappa shape index (κ2) is 11.6. The molecule has 0 aliphatic heterocycles. The number of amides is 1. The lowest BCUT2D eigenvalue weighted by Crippen LogP contribution is -2.18. The molecule has 5 aromatic rings. The van der Waals surface area contributed by atoms with E-state index in [0.29, 0.717) is 27.6 Å². The number of nitrogens with zero attached hydrogens (tertiary/aromatic N) is 2. The fraction of sp³-hybridized carbons (Fsp3) is 0.0323. The quantitative estimate of drug-likeness (QED) is 0.0944. The summed E-state index contributed by atoms with van der Waals surface area (Å²) in [6, 6.07) is 28.8. The summed E-state index contributed by atoms with van der Waals surface area (Å²) >= 11 is 9.52. The van der Waals surface area contributed by atoms with Gasteiger partial charge in [0.1, 0.15) is 5.75 Å². The van der Waals surface area contributed by atoms with Gasteiger partial charge in [0.2, 0.25) is 0 Å². The summed E-state index contributed by atoms with van der Waals surface area (Å²) in [5, 5.41) is 5.20. The van der Waals surface area contributed by atoms with Gasteiger partial charge in [-0.25, -0.2) is 15.2 Å². The first kappa shape index (κ1) is 26.3. The van der Waals surface area contributed by atoms with Gasteiger partial charge < -0.3 is 4.74 Å². The van der Waals surface area contributed by atoms with E-state index in [9.17, 15) is 9.59 Å². The second-order valence-electron chi connectivity index (χ2n) is 8.72. The van der Waals surface area contributed by atoms with Gasteiger partial charge in [0.15, 0.2) is 0 Å². The van der Waals surface area contributed by atoms with Crippen molar-refractivity contribution in [2.45, 2.75) is 6.92 Å². The zero-order valence-electron chi connectivity index (χ0n) is 20.7. The lowest BCUT2D eigenvalue weighted by Gasteiger charge is -2.10. The molecule has 0 unspecified atom stereocenters. The maximum atomic E-state index is 13.2. The number of carbonyl (C=O) groups excluding carboxylic acids is 2. The lowest BCUT2D eigenvalue weighted by molar-refractivity contribution is 0.0734. The smallest absolute Gasteiger partial charge is 0.345 e. The van der Waals surface area contributed by atoms with E-state index >= 15 is 0 Å². The molecule has 8 heteroatoms. The van der Waals surface area contributed by atoms with Crippen molar-refractivity contribution in [3.63, 3.8) is 0 Å². The number of hydrogen-bond donors (Lipinski definition) is 1. The predicted octanol–water partition coefficient (Wildman–Crippen LogP) is 7.61. The van der Waals surface area contributed by atoms with Gasteiger partial charge in [0.05, 0.1) is 33.6 Å². The van der Waals surface area contributed by atoms with Crippen molar-refractivity contribution in [2.24, 2.45) is 5.10 Å². The highest BCUT2D eigenvalue weighted by atomic mass is 79.9. The Morgan fingerprint density at radius 1 is 0.923 bits per heavy atom. The summed E-state index contributed by atoms with van der Waals surface area (Å²) in [7, 11) is 0. The van der Waals surface area contributed by atoms with Gasteiger partial charge in [-0.05, 0) is 79.2 Å². The Balaban J connectivity index is 1.32. The van der Waals surface area contributed by atoms with Crippen molar-refractivity contribution in [1.29, 1.82) is 0 Å². The minimum atomic E-state index is -0.545. The van der Waals surface area contributed by atoms with E-state index in [1.54, 1.807) is 54.6 Å². The van der Waals surface area contributed by atoms with Crippen molar-refractivity contribution in [2.75, 3.05) is 0 Å². The van der Waals surface area contributed by atoms with Crippen LogP contribution in [0.4, 0.5) is 0 Å². The Morgan fingerprint density at radius 3 is 2.41 bits per heavy atom. The van der Waals surface area contributed by atoms with Crippen LogP contribution in [0.25, 0.3) is 22.2 Å². The standard InChI is InChI=1S/C31H21BrClN3O3/c1-19-6-15-28-25(16-19)26(17-29(35-28)21-9-11-22(32)12-10-21)30(37)36-34-18-20-7-13-23(14-8-20)39-31(38)24-4-2-3-5-27(24)33/h2-18H,1H3,(H,36,37). The zero-order chi connectivity index (χ0) is 27.4. The number of nitrogens with one attached hydrogen (secondary N) is 1. The van der Waals surface area contributed by atoms with Crippen LogP contribution in [0.5, 0.6) is 5.75 Å². The van der Waals surface area contributed by atoms with Gasteiger partial charge in [0.25, 0.3) is 5.91 Å². The molecule has 0 radical (unpaired) electrons. The van der Waals surface area contributed by atoms with Crippen LogP contribution in [0.15, 0.2) is 107 Å². The fourth-order valence-electron chi connectivity index (χ4n) is 3.93. The first-order valence-electron chi connectivity index (χ1n) is 11.9. The molecule has 0 aliphatic carbocycles. The molecule has 6 nitrogen and oxygen atoms in total. The van der Waals surface area contributed by atoms with E-state index in [2.05, 4.69) is 26.5 Å².